The zero-order chi connectivity index (χ0) is 73.4. The Morgan fingerprint density at radius 2 is 0.878 bits per heavy atom. The van der Waals surface area contributed by atoms with Crippen LogP contribution in [0, 0.1) is 11.8 Å². The molecule has 35 heteroatoms. The minimum Gasteiger partial charge on any atom is -0.508 e. The summed E-state index contributed by atoms with van der Waals surface area (Å²) < 4.78 is 0. The Kier molecular flexibility index (Phi) is 39.0. The van der Waals surface area contributed by atoms with Gasteiger partial charge in [0.25, 0.3) is 0 Å². The van der Waals surface area contributed by atoms with Gasteiger partial charge in [-0.15, -0.1) is 0 Å². The van der Waals surface area contributed by atoms with Gasteiger partial charge in [-0.2, -0.15) is 0 Å². The number of carbonyl (C=O) groups is 10. The number of hydrogen-bond acceptors (Lipinski definition) is 17. The van der Waals surface area contributed by atoms with E-state index in [4.69, 9.17) is 57.1 Å². The molecular weight excluding hydrogens is 1270 g/mol. The van der Waals surface area contributed by atoms with Crippen LogP contribution in [0.15, 0.2) is 74.7 Å². The van der Waals surface area contributed by atoms with Crippen LogP contribution in [0.25, 0.3) is 10.4 Å². The van der Waals surface area contributed by atoms with Crippen LogP contribution in [0.2, 0.25) is 0 Å². The lowest BCUT2D eigenvalue weighted by atomic mass is 10.00. The highest BCUT2D eigenvalue weighted by molar-refractivity contribution is 5.99. The second kappa shape index (κ2) is 45.4. The molecule has 0 unspecified atom stereocenters. The van der Waals surface area contributed by atoms with Gasteiger partial charge in [0.1, 0.15) is 60.1 Å². The van der Waals surface area contributed by atoms with Crippen LogP contribution in [0.1, 0.15) is 130 Å². The van der Waals surface area contributed by atoms with E-state index < -0.39 is 126 Å². The first-order valence-electron chi connectivity index (χ1n) is 32.9. The van der Waals surface area contributed by atoms with E-state index >= 15 is 4.79 Å². The lowest BCUT2D eigenvalue weighted by Crippen LogP contribution is -2.61. The van der Waals surface area contributed by atoms with Crippen LogP contribution in [0.3, 0.4) is 0 Å². The number of nitrogens with two attached hydrogens (primary N) is 9. The Labute approximate surface area is 572 Å². The Morgan fingerprint density at radius 3 is 1.31 bits per heavy atom. The van der Waals surface area contributed by atoms with E-state index in [9.17, 15) is 48.3 Å². The van der Waals surface area contributed by atoms with Gasteiger partial charge < -0.3 is 104 Å². The number of amides is 10. The number of benzene rings is 2. The molecule has 544 valence electrons. The topological polar surface area (TPSA) is 610 Å². The lowest BCUT2D eigenvalue weighted by Gasteiger charge is -2.34. The molecule has 0 aliphatic carbocycles. The van der Waals surface area contributed by atoms with Gasteiger partial charge in [0.2, 0.25) is 59.1 Å². The molecule has 10 atom stereocenters. The average molecular weight is 1380 g/mol. The van der Waals surface area contributed by atoms with E-state index in [0.717, 1.165) is 0 Å². The minimum absolute atomic E-state index is 0.00501. The van der Waals surface area contributed by atoms with Crippen molar-refractivity contribution in [2.75, 3.05) is 39.3 Å². The summed E-state index contributed by atoms with van der Waals surface area (Å²) in [6.07, 6.45) is 1.86. The third-order valence-electron chi connectivity index (χ3n) is 15.2. The van der Waals surface area contributed by atoms with Crippen molar-refractivity contribution in [1.82, 2.24) is 47.4 Å². The van der Waals surface area contributed by atoms with Crippen molar-refractivity contribution in [1.29, 1.82) is 0 Å². The van der Waals surface area contributed by atoms with Crippen molar-refractivity contribution in [2.45, 2.75) is 192 Å². The number of carbonyl (C=O) groups excluding carboxylic acids is 10. The summed E-state index contributed by atoms with van der Waals surface area (Å²) in [4.78, 5) is 158. The molecule has 0 aliphatic rings. The molecule has 35 nitrogen and oxygen atoms in total. The molecule has 10 amide bonds. The van der Waals surface area contributed by atoms with E-state index in [1.165, 1.54) is 36.1 Å². The van der Waals surface area contributed by atoms with E-state index in [-0.39, 0.29) is 126 Å². The largest absolute Gasteiger partial charge is 0.508 e. The first-order chi connectivity index (χ1) is 46.4. The Balaban J connectivity index is 2.65. The molecule has 0 fully saturated rings. The lowest BCUT2D eigenvalue weighted by molar-refractivity contribution is -0.144. The number of aliphatic imine (C=N–C) groups is 3. The third kappa shape index (κ3) is 33.1. The predicted molar refractivity (Wildman–Crippen MR) is 372 cm³/mol. The van der Waals surface area contributed by atoms with E-state index in [0.29, 0.717) is 43.4 Å². The standard InChI is InChI=1S/C63H106N24O11/c1-7-30-87(38(6)52(90)81-46(31-36(2)3)57(95)79-44(20-14-28-75-62(69)70)55(93)83-48(33-40-22-24-41(88)25-23-40)59(97)85-50(51(66)89)35-77-86-73)60(98)49(34-39-16-9-8-10-17-39)84-56(94)45(21-15-29-76-63(71)72)80-58(96)47(32-37(4)5)82-54(92)43(19-13-27-74-61(67)68)78-53(91)42(65)18-11-12-26-64/h8-10,16-17,22-25,36-38,42-50,88H,7,11-15,18-21,26-35,64-65H2,1-6H3,(H2,66,89)(H,78,91)(H,79,95)(H,80,96)(H,81,90)(H,82,92)(H,83,93)(H,84,94)(H,85,97)(H4,67,68,74)(H4,69,70,75)(H4,71,72,76)/t38-,42+,43-,44-,45+,46+,47+,48+,49+,50-/m0/s1. The molecule has 0 aromatic heterocycles. The van der Waals surface area contributed by atoms with Gasteiger partial charge in [0.05, 0.1) is 12.6 Å². The van der Waals surface area contributed by atoms with Crippen molar-refractivity contribution in [2.24, 2.45) is 83.5 Å². The maximum atomic E-state index is 15.3. The van der Waals surface area contributed by atoms with Gasteiger partial charge in [0.15, 0.2) is 17.9 Å². The number of aromatic hydroxyl groups is 1. The number of nitrogens with zero attached hydrogens (tertiary/aromatic N) is 7. The molecule has 0 spiro atoms. The van der Waals surface area contributed by atoms with Gasteiger partial charge in [-0.3, -0.25) is 62.9 Å². The molecule has 2 aromatic carbocycles. The maximum absolute atomic E-state index is 15.3. The van der Waals surface area contributed by atoms with Gasteiger partial charge >= 0.3 is 0 Å². The predicted octanol–water partition coefficient (Wildman–Crippen LogP) is -2.81. The molecule has 2 aromatic rings. The number of rotatable bonds is 47. The van der Waals surface area contributed by atoms with E-state index in [1.807, 2.05) is 13.8 Å². The van der Waals surface area contributed by atoms with Crippen molar-refractivity contribution in [3.8, 4) is 5.75 Å². The van der Waals surface area contributed by atoms with Gasteiger partial charge in [-0.25, -0.2) is 0 Å². The van der Waals surface area contributed by atoms with Gasteiger partial charge in [0, 0.05) is 43.9 Å². The fourth-order valence-electron chi connectivity index (χ4n) is 10.1. The number of guanidine groups is 3. The normalized spacial score (nSPS) is 14.0. The number of phenols is 1. The average Bonchev–Trinajstić information content (AvgIpc) is 0.847. The molecule has 2 rings (SSSR count). The van der Waals surface area contributed by atoms with E-state index in [1.54, 1.807) is 51.1 Å². The van der Waals surface area contributed by atoms with E-state index in [2.05, 4.69) is 67.5 Å². The number of phenolic OH excluding ortho intramolecular Hbond substituents is 1. The van der Waals surface area contributed by atoms with Crippen LogP contribution < -0.4 is 94.1 Å². The summed E-state index contributed by atoms with van der Waals surface area (Å²) >= 11 is 0. The summed E-state index contributed by atoms with van der Waals surface area (Å²) in [7, 11) is 0. The fourth-order valence-corrected chi connectivity index (χ4v) is 10.1. The zero-order valence-electron chi connectivity index (χ0n) is 57.1. The summed E-state index contributed by atoms with van der Waals surface area (Å²) in [6, 6.07) is 1.05. The molecule has 0 saturated carbocycles. The number of primary amides is 1. The molecule has 27 N–H and O–H groups in total. The maximum Gasteiger partial charge on any atom is 0.246 e. The van der Waals surface area contributed by atoms with Crippen LogP contribution in [0.5, 0.6) is 5.75 Å². The van der Waals surface area contributed by atoms with Gasteiger partial charge in [-0.05, 0) is 125 Å². The number of azide groups is 1. The SMILES string of the molecule is CCCN(C(=O)[C@@H](Cc1ccccc1)NC(=O)[C@@H](CCCN=C(N)N)NC(=O)[C@@H](CC(C)C)NC(=O)[C@H](CCCN=C(N)N)NC(=O)[C@H](N)CCCCN)[C@@H](C)C(=O)N[C@H](CC(C)C)C(=O)N[C@@H](CCCN=C(N)N)C(=O)N[C@H](Cc1ccc(O)cc1)C(=O)N[C@@H](CN=[N+]=[N-])C(N)=O. The first-order valence-corrected chi connectivity index (χ1v) is 32.9. The Hall–Kier alpha value is -10.0. The monoisotopic (exact) mass is 1370 g/mol. The summed E-state index contributed by atoms with van der Waals surface area (Å²) in [5, 5.41) is 34.9. The van der Waals surface area contributed by atoms with Crippen LogP contribution >= 0.6 is 0 Å². The van der Waals surface area contributed by atoms with Gasteiger partial charge in [-0.1, -0.05) is 88.6 Å². The number of nitrogens with one attached hydrogen (secondary N) is 8. The molecule has 0 heterocycles. The van der Waals surface area contributed by atoms with Crippen molar-refractivity contribution < 1.29 is 53.1 Å². The molecule has 98 heavy (non-hydrogen) atoms. The summed E-state index contributed by atoms with van der Waals surface area (Å²) in [5.41, 5.74) is 60.7. The number of unbranched alkanes of at least 4 members (excludes halogenated alkanes) is 1. The van der Waals surface area contributed by atoms with Crippen LogP contribution in [-0.4, -0.2) is 187 Å². The molecule has 0 saturated heterocycles. The second-order valence-electron chi connectivity index (χ2n) is 24.6. The quantitative estimate of drug-likeness (QED) is 0.00794. The van der Waals surface area contributed by atoms with Crippen molar-refractivity contribution in [3.05, 3.63) is 76.2 Å². The van der Waals surface area contributed by atoms with Crippen LogP contribution in [0.4, 0.5) is 0 Å². The molecule has 0 aliphatic heterocycles. The minimum atomic E-state index is -1.48. The van der Waals surface area contributed by atoms with Crippen molar-refractivity contribution >= 4 is 77.0 Å². The highest BCUT2D eigenvalue weighted by Gasteiger charge is 2.38. The summed E-state index contributed by atoms with van der Waals surface area (Å²) in [6.45, 7) is 10.4. The van der Waals surface area contributed by atoms with Crippen molar-refractivity contribution in [3.63, 3.8) is 0 Å². The smallest absolute Gasteiger partial charge is 0.246 e. The Bertz CT molecular complexity index is 3030. The Morgan fingerprint density at radius 1 is 0.490 bits per heavy atom. The fraction of sp³-hybridized carbons (Fsp3) is 0.603. The summed E-state index contributed by atoms with van der Waals surface area (Å²) in [5.74, 6) is -9.37. The zero-order valence-corrected chi connectivity index (χ0v) is 57.1. The van der Waals surface area contributed by atoms with Crippen LogP contribution in [-0.2, 0) is 60.8 Å². The third-order valence-corrected chi connectivity index (χ3v) is 15.2. The highest BCUT2D eigenvalue weighted by atomic mass is 16.3. The molecule has 0 radical (unpaired) electrons. The first kappa shape index (κ1) is 84.1. The molecular formula is C63H106N24O11. The highest BCUT2D eigenvalue weighted by Crippen LogP contribution is 2.17. The number of hydrogen-bond donors (Lipinski definition) is 18. The molecule has 0 bridgehead atoms. The second-order valence-corrected chi connectivity index (χ2v) is 24.6.